The van der Waals surface area contributed by atoms with Crippen LogP contribution >= 0.6 is 11.3 Å². The van der Waals surface area contributed by atoms with Gasteiger partial charge in [0.1, 0.15) is 0 Å². The lowest BCUT2D eigenvalue weighted by Gasteiger charge is -2.08. The van der Waals surface area contributed by atoms with E-state index >= 15 is 0 Å². The van der Waals surface area contributed by atoms with Gasteiger partial charge in [-0.15, -0.1) is 11.3 Å². The van der Waals surface area contributed by atoms with Crippen molar-refractivity contribution in [2.45, 2.75) is 26.7 Å². The Morgan fingerprint density at radius 2 is 2.00 bits per heavy atom. The number of amides is 1. The van der Waals surface area contributed by atoms with Gasteiger partial charge in [-0.3, -0.25) is 4.79 Å². The van der Waals surface area contributed by atoms with E-state index in [4.69, 9.17) is 0 Å². The lowest BCUT2D eigenvalue weighted by atomic mass is 10.1. The summed E-state index contributed by atoms with van der Waals surface area (Å²) in [6.07, 6.45) is 0. The zero-order valence-corrected chi connectivity index (χ0v) is 10.2. The van der Waals surface area contributed by atoms with Crippen molar-refractivity contribution in [1.29, 1.82) is 0 Å². The number of thiophene rings is 1. The molecule has 0 atom stereocenters. The number of nitrogens with zero attached hydrogens (tertiary/aromatic N) is 1. The molecule has 3 heteroatoms. The van der Waals surface area contributed by atoms with Crippen molar-refractivity contribution < 1.29 is 4.79 Å². The van der Waals surface area contributed by atoms with Crippen LogP contribution in [0.5, 0.6) is 0 Å². The van der Waals surface area contributed by atoms with Crippen LogP contribution in [0.15, 0.2) is 6.07 Å². The zero-order chi connectivity index (χ0) is 10.9. The van der Waals surface area contributed by atoms with Crippen molar-refractivity contribution in [3.05, 3.63) is 21.4 Å². The molecular weight excluding hydrogens is 194 g/mol. The molecule has 0 radical (unpaired) electrons. The fourth-order valence-corrected chi connectivity index (χ4v) is 2.27. The van der Waals surface area contributed by atoms with E-state index < -0.39 is 0 Å². The van der Waals surface area contributed by atoms with Gasteiger partial charge < -0.3 is 4.90 Å². The molecule has 0 aliphatic carbocycles. The van der Waals surface area contributed by atoms with Gasteiger partial charge in [0.2, 0.25) is 0 Å². The average molecular weight is 211 g/mol. The summed E-state index contributed by atoms with van der Waals surface area (Å²) < 4.78 is 0. The number of hydrogen-bond donors (Lipinski definition) is 0. The Bertz CT molecular complexity index is 339. The van der Waals surface area contributed by atoms with Crippen molar-refractivity contribution in [3.8, 4) is 0 Å². The Morgan fingerprint density at radius 1 is 1.43 bits per heavy atom. The topological polar surface area (TPSA) is 20.3 Å². The highest BCUT2D eigenvalue weighted by molar-refractivity contribution is 7.12. The summed E-state index contributed by atoms with van der Waals surface area (Å²) in [5, 5.41) is 0. The van der Waals surface area contributed by atoms with Crippen LogP contribution in [0.2, 0.25) is 0 Å². The molecule has 2 nitrogen and oxygen atoms in total. The van der Waals surface area contributed by atoms with E-state index in [0.717, 1.165) is 10.4 Å². The molecule has 1 rings (SSSR count). The molecule has 78 valence electrons. The molecule has 0 bridgehead atoms. The van der Waals surface area contributed by atoms with Gasteiger partial charge in [-0.05, 0) is 18.9 Å². The fraction of sp³-hybridized carbons (Fsp3) is 0.545. The van der Waals surface area contributed by atoms with E-state index in [1.165, 1.54) is 4.88 Å². The van der Waals surface area contributed by atoms with Gasteiger partial charge in [-0.1, -0.05) is 13.8 Å². The smallest absolute Gasteiger partial charge is 0.254 e. The maximum absolute atomic E-state index is 11.7. The largest absolute Gasteiger partial charge is 0.345 e. The quantitative estimate of drug-likeness (QED) is 0.736. The minimum absolute atomic E-state index is 0.102. The van der Waals surface area contributed by atoms with E-state index in [0.29, 0.717) is 5.92 Å². The Labute approximate surface area is 89.5 Å². The average Bonchev–Trinajstić information content (AvgIpc) is 2.46. The van der Waals surface area contributed by atoms with Gasteiger partial charge in [0, 0.05) is 23.8 Å². The number of rotatable bonds is 2. The summed E-state index contributed by atoms with van der Waals surface area (Å²) >= 11 is 1.72. The van der Waals surface area contributed by atoms with Crippen LogP contribution in [0.25, 0.3) is 0 Å². The van der Waals surface area contributed by atoms with Gasteiger partial charge in [0.15, 0.2) is 0 Å². The maximum atomic E-state index is 11.7. The van der Waals surface area contributed by atoms with Crippen molar-refractivity contribution in [1.82, 2.24) is 4.90 Å². The summed E-state index contributed by atoms with van der Waals surface area (Å²) in [5.74, 6) is 0.605. The zero-order valence-electron chi connectivity index (χ0n) is 9.42. The van der Waals surface area contributed by atoms with Crippen molar-refractivity contribution >= 4 is 17.2 Å². The van der Waals surface area contributed by atoms with E-state index in [9.17, 15) is 4.79 Å². The Morgan fingerprint density at radius 3 is 2.36 bits per heavy atom. The van der Waals surface area contributed by atoms with Crippen molar-refractivity contribution in [2.75, 3.05) is 14.1 Å². The molecule has 0 N–H and O–H groups in total. The van der Waals surface area contributed by atoms with Crippen molar-refractivity contribution in [3.63, 3.8) is 0 Å². The van der Waals surface area contributed by atoms with Crippen molar-refractivity contribution in [2.24, 2.45) is 0 Å². The number of aryl methyl sites for hydroxylation is 1. The molecule has 1 heterocycles. The highest BCUT2D eigenvalue weighted by Crippen LogP contribution is 2.28. The van der Waals surface area contributed by atoms with E-state index in [1.807, 2.05) is 13.0 Å². The molecule has 14 heavy (non-hydrogen) atoms. The van der Waals surface area contributed by atoms with Gasteiger partial charge in [0.25, 0.3) is 5.91 Å². The second-order valence-corrected chi connectivity index (χ2v) is 5.26. The molecule has 0 spiro atoms. The highest BCUT2D eigenvalue weighted by atomic mass is 32.1. The Hall–Kier alpha value is -0.830. The minimum atomic E-state index is 0.102. The summed E-state index contributed by atoms with van der Waals surface area (Å²) in [6.45, 7) is 6.30. The van der Waals surface area contributed by atoms with Crippen LogP contribution in [-0.4, -0.2) is 24.9 Å². The van der Waals surface area contributed by atoms with Crippen LogP contribution in [-0.2, 0) is 0 Å². The molecule has 1 amide bonds. The Balaban J connectivity index is 3.04. The molecule has 0 aromatic carbocycles. The molecule has 0 fully saturated rings. The Kier molecular flexibility index (Phi) is 3.32. The molecule has 1 aromatic heterocycles. The van der Waals surface area contributed by atoms with Gasteiger partial charge in [-0.25, -0.2) is 0 Å². The molecule has 0 saturated heterocycles. The van der Waals surface area contributed by atoms with Crippen LogP contribution in [0.1, 0.15) is 39.9 Å². The van der Waals surface area contributed by atoms with Crippen LogP contribution in [0.4, 0.5) is 0 Å². The SMILES string of the molecule is Cc1sc(C(C)C)cc1C(=O)N(C)C. The third-order valence-electron chi connectivity index (χ3n) is 2.14. The number of carbonyl (C=O) groups is 1. The maximum Gasteiger partial charge on any atom is 0.254 e. The molecule has 0 aliphatic rings. The second-order valence-electron chi connectivity index (χ2n) is 3.97. The third-order valence-corrected chi connectivity index (χ3v) is 3.49. The fourth-order valence-electron chi connectivity index (χ4n) is 1.24. The van der Waals surface area contributed by atoms with Crippen LogP contribution < -0.4 is 0 Å². The van der Waals surface area contributed by atoms with Crippen LogP contribution in [0, 0.1) is 6.92 Å². The van der Waals surface area contributed by atoms with Gasteiger partial charge >= 0.3 is 0 Å². The van der Waals surface area contributed by atoms with Crippen LogP contribution in [0.3, 0.4) is 0 Å². The van der Waals surface area contributed by atoms with E-state index in [-0.39, 0.29) is 5.91 Å². The third kappa shape index (κ3) is 2.15. The molecule has 0 unspecified atom stereocenters. The molecule has 0 aliphatic heterocycles. The summed E-state index contributed by atoms with van der Waals surface area (Å²) in [5.41, 5.74) is 0.851. The number of carbonyl (C=O) groups excluding carboxylic acids is 1. The lowest BCUT2D eigenvalue weighted by molar-refractivity contribution is 0.0827. The minimum Gasteiger partial charge on any atom is -0.345 e. The predicted molar refractivity (Wildman–Crippen MR) is 61.2 cm³/mol. The first-order chi connectivity index (χ1) is 6.43. The standard InChI is InChI=1S/C11H17NOS/c1-7(2)10-6-9(8(3)14-10)11(13)12(4)5/h6-7H,1-5H3. The first kappa shape index (κ1) is 11.2. The van der Waals surface area contributed by atoms with Gasteiger partial charge in [0.05, 0.1) is 5.56 Å². The molecule has 0 saturated carbocycles. The summed E-state index contributed by atoms with van der Waals surface area (Å²) in [7, 11) is 3.57. The highest BCUT2D eigenvalue weighted by Gasteiger charge is 2.15. The predicted octanol–water partition coefficient (Wildman–Crippen LogP) is 2.88. The molecular formula is C11H17NOS. The monoisotopic (exact) mass is 211 g/mol. The lowest BCUT2D eigenvalue weighted by Crippen LogP contribution is -2.21. The summed E-state index contributed by atoms with van der Waals surface area (Å²) in [4.78, 5) is 15.8. The molecule has 1 aromatic rings. The summed E-state index contributed by atoms with van der Waals surface area (Å²) in [6, 6.07) is 2.02. The number of hydrogen-bond acceptors (Lipinski definition) is 2. The van der Waals surface area contributed by atoms with E-state index in [1.54, 1.807) is 30.3 Å². The first-order valence-electron chi connectivity index (χ1n) is 4.75. The normalized spacial score (nSPS) is 10.7. The second kappa shape index (κ2) is 4.13. The van der Waals surface area contributed by atoms with E-state index in [2.05, 4.69) is 13.8 Å². The first-order valence-corrected chi connectivity index (χ1v) is 5.57. The van der Waals surface area contributed by atoms with Gasteiger partial charge in [-0.2, -0.15) is 0 Å².